The van der Waals surface area contributed by atoms with Crippen molar-refractivity contribution in [3.8, 4) is 12.3 Å². The predicted molar refractivity (Wildman–Crippen MR) is 52.4 cm³/mol. The summed E-state index contributed by atoms with van der Waals surface area (Å²) in [6.45, 7) is 1.22. The van der Waals surface area contributed by atoms with Gasteiger partial charge < -0.3 is 16.3 Å². The van der Waals surface area contributed by atoms with E-state index in [1.807, 2.05) is 0 Å². The number of oxime groups is 1. The van der Waals surface area contributed by atoms with E-state index < -0.39 is 0 Å². The molecule has 4 N–H and O–H groups in total. The molecule has 0 saturated carbocycles. The molecule has 12 heavy (non-hydrogen) atoms. The van der Waals surface area contributed by atoms with Gasteiger partial charge in [-0.3, -0.25) is 0 Å². The molecule has 0 spiro atoms. The lowest BCUT2D eigenvalue weighted by Crippen LogP contribution is -2.30. The lowest BCUT2D eigenvalue weighted by atomic mass is 10.6. The zero-order valence-corrected chi connectivity index (χ0v) is 7.60. The Balaban J connectivity index is 3.07. The van der Waals surface area contributed by atoms with E-state index in [1.165, 1.54) is 0 Å². The maximum Gasteiger partial charge on any atom is 0.153 e. The van der Waals surface area contributed by atoms with Crippen molar-refractivity contribution in [2.75, 3.05) is 24.6 Å². The average molecular weight is 187 g/mol. The summed E-state index contributed by atoms with van der Waals surface area (Å²) < 4.78 is 0. The van der Waals surface area contributed by atoms with Crippen LogP contribution in [0.3, 0.4) is 0 Å². The van der Waals surface area contributed by atoms with Gasteiger partial charge in [0.25, 0.3) is 0 Å². The fourth-order valence-corrected chi connectivity index (χ4v) is 1.08. The van der Waals surface area contributed by atoms with Gasteiger partial charge in [-0.05, 0) is 0 Å². The second-order valence-electron chi connectivity index (χ2n) is 2.02. The van der Waals surface area contributed by atoms with E-state index in [4.69, 9.17) is 17.4 Å². The van der Waals surface area contributed by atoms with Crippen LogP contribution in [0.2, 0.25) is 0 Å². The first-order valence-corrected chi connectivity index (χ1v) is 4.65. The first-order valence-electron chi connectivity index (χ1n) is 3.49. The summed E-state index contributed by atoms with van der Waals surface area (Å²) in [7, 11) is 0. The molecule has 0 bridgehead atoms. The van der Waals surface area contributed by atoms with E-state index in [-0.39, 0.29) is 5.84 Å². The first-order chi connectivity index (χ1) is 5.81. The van der Waals surface area contributed by atoms with Gasteiger partial charge in [-0.2, -0.15) is 0 Å². The Bertz CT molecular complexity index is 176. The maximum absolute atomic E-state index is 8.17. The van der Waals surface area contributed by atoms with E-state index in [2.05, 4.69) is 16.4 Å². The fraction of sp³-hybridized carbons (Fsp3) is 0.571. The number of hydrogen-bond acceptors (Lipinski definition) is 4. The summed E-state index contributed by atoms with van der Waals surface area (Å²) in [5.74, 6) is 4.38. The monoisotopic (exact) mass is 187 g/mol. The third-order valence-corrected chi connectivity index (χ3v) is 1.91. The van der Waals surface area contributed by atoms with Crippen molar-refractivity contribution in [1.82, 2.24) is 5.32 Å². The van der Waals surface area contributed by atoms with Crippen LogP contribution in [0, 0.1) is 12.3 Å². The van der Waals surface area contributed by atoms with Crippen LogP contribution in [0.4, 0.5) is 0 Å². The van der Waals surface area contributed by atoms with E-state index >= 15 is 0 Å². The highest BCUT2D eigenvalue weighted by Gasteiger charge is 1.91. The number of nitrogens with zero attached hydrogens (tertiary/aromatic N) is 1. The first kappa shape index (κ1) is 11.1. The number of amidine groups is 1. The van der Waals surface area contributed by atoms with E-state index in [1.54, 1.807) is 11.8 Å². The molecule has 0 fully saturated rings. The minimum absolute atomic E-state index is 0.192. The molecule has 68 valence electrons. The average Bonchev–Trinajstić information content (AvgIpc) is 2.10. The highest BCUT2D eigenvalue weighted by atomic mass is 32.2. The SMILES string of the molecule is C#CCSCCNCC(N)=NO. The summed E-state index contributed by atoms with van der Waals surface area (Å²) in [6, 6.07) is 0. The molecule has 0 aliphatic rings. The maximum atomic E-state index is 8.17. The van der Waals surface area contributed by atoms with Crippen LogP contribution in [0.15, 0.2) is 5.16 Å². The topological polar surface area (TPSA) is 70.6 Å². The van der Waals surface area contributed by atoms with E-state index in [9.17, 15) is 0 Å². The molecule has 0 atom stereocenters. The molecule has 0 saturated heterocycles. The van der Waals surface area contributed by atoms with Gasteiger partial charge in [0.05, 0.1) is 12.3 Å². The highest BCUT2D eigenvalue weighted by molar-refractivity contribution is 7.99. The molecule has 0 aliphatic heterocycles. The largest absolute Gasteiger partial charge is 0.409 e. The van der Waals surface area contributed by atoms with Gasteiger partial charge in [-0.15, -0.1) is 18.2 Å². The molecule has 0 aromatic heterocycles. The molecular formula is C7H13N3OS. The molecule has 0 aromatic carbocycles. The van der Waals surface area contributed by atoms with Crippen molar-refractivity contribution in [1.29, 1.82) is 0 Å². The predicted octanol–water partition coefficient (Wildman–Crippen LogP) is -0.311. The van der Waals surface area contributed by atoms with Crippen molar-refractivity contribution in [2.24, 2.45) is 10.9 Å². The summed E-state index contributed by atoms with van der Waals surface area (Å²) in [4.78, 5) is 0. The number of thioether (sulfide) groups is 1. The van der Waals surface area contributed by atoms with Gasteiger partial charge in [0, 0.05) is 12.3 Å². The van der Waals surface area contributed by atoms with Crippen LogP contribution < -0.4 is 11.1 Å². The molecule has 0 aliphatic carbocycles. The molecule has 4 nitrogen and oxygen atoms in total. The number of nitrogens with two attached hydrogens (primary N) is 1. The standard InChI is InChI=1S/C7H13N3OS/c1-2-4-12-5-3-9-6-7(8)10-11/h1,9,11H,3-6H2,(H2,8,10). The summed E-state index contributed by atoms with van der Waals surface area (Å²) >= 11 is 1.67. The second-order valence-corrected chi connectivity index (χ2v) is 3.13. The molecular weight excluding hydrogens is 174 g/mol. The summed E-state index contributed by atoms with van der Waals surface area (Å²) in [6.07, 6.45) is 5.05. The Labute approximate surface area is 76.6 Å². The third kappa shape index (κ3) is 7.25. The molecule has 0 aromatic rings. The zero-order chi connectivity index (χ0) is 9.23. The van der Waals surface area contributed by atoms with Crippen molar-refractivity contribution in [3.05, 3.63) is 0 Å². The highest BCUT2D eigenvalue weighted by Crippen LogP contribution is 1.94. The van der Waals surface area contributed by atoms with Crippen LogP contribution >= 0.6 is 11.8 Å². The fourth-order valence-electron chi connectivity index (χ4n) is 0.527. The quantitative estimate of drug-likeness (QED) is 0.133. The molecule has 0 unspecified atom stereocenters. The minimum atomic E-state index is 0.192. The van der Waals surface area contributed by atoms with Crippen LogP contribution in [0.5, 0.6) is 0 Å². The van der Waals surface area contributed by atoms with Crippen molar-refractivity contribution in [3.63, 3.8) is 0 Å². The van der Waals surface area contributed by atoms with Gasteiger partial charge in [0.2, 0.25) is 0 Å². The Hall–Kier alpha value is -0.860. The van der Waals surface area contributed by atoms with E-state index in [0.29, 0.717) is 6.54 Å². The van der Waals surface area contributed by atoms with Crippen LogP contribution in [0.1, 0.15) is 0 Å². The number of hydrogen-bond donors (Lipinski definition) is 3. The minimum Gasteiger partial charge on any atom is -0.409 e. The Morgan fingerprint density at radius 1 is 1.75 bits per heavy atom. The Morgan fingerprint density at radius 2 is 2.50 bits per heavy atom. The number of nitrogens with one attached hydrogen (secondary N) is 1. The van der Waals surface area contributed by atoms with Crippen molar-refractivity contribution in [2.45, 2.75) is 0 Å². The lowest BCUT2D eigenvalue weighted by molar-refractivity contribution is 0.317. The number of terminal acetylenes is 1. The molecule has 0 radical (unpaired) electrons. The molecule has 5 heteroatoms. The Morgan fingerprint density at radius 3 is 3.08 bits per heavy atom. The lowest BCUT2D eigenvalue weighted by Gasteiger charge is -2.01. The second kappa shape index (κ2) is 8.24. The van der Waals surface area contributed by atoms with Crippen LogP contribution in [0.25, 0.3) is 0 Å². The van der Waals surface area contributed by atoms with Crippen molar-refractivity contribution < 1.29 is 5.21 Å². The van der Waals surface area contributed by atoms with Gasteiger partial charge in [0.15, 0.2) is 5.84 Å². The van der Waals surface area contributed by atoms with Crippen molar-refractivity contribution >= 4 is 17.6 Å². The van der Waals surface area contributed by atoms with Gasteiger partial charge >= 0.3 is 0 Å². The van der Waals surface area contributed by atoms with E-state index in [0.717, 1.165) is 18.1 Å². The summed E-state index contributed by atoms with van der Waals surface area (Å²) in [5, 5.41) is 14.0. The van der Waals surface area contributed by atoms with Gasteiger partial charge in [-0.25, -0.2) is 0 Å². The van der Waals surface area contributed by atoms with Crippen LogP contribution in [-0.4, -0.2) is 35.6 Å². The molecule has 0 amide bonds. The number of rotatable bonds is 6. The normalized spacial score (nSPS) is 11.1. The van der Waals surface area contributed by atoms with Gasteiger partial charge in [-0.1, -0.05) is 11.1 Å². The molecule has 0 rings (SSSR count). The smallest absolute Gasteiger partial charge is 0.153 e. The van der Waals surface area contributed by atoms with Gasteiger partial charge in [0.1, 0.15) is 0 Å². The summed E-state index contributed by atoms with van der Waals surface area (Å²) in [5.41, 5.74) is 5.21. The Kier molecular flexibility index (Phi) is 7.65. The zero-order valence-electron chi connectivity index (χ0n) is 6.79. The van der Waals surface area contributed by atoms with Crippen LogP contribution in [-0.2, 0) is 0 Å². The molecule has 0 heterocycles. The third-order valence-electron chi connectivity index (χ3n) is 1.04.